The van der Waals surface area contributed by atoms with Gasteiger partial charge in [-0.15, -0.1) is 0 Å². The Labute approximate surface area is 106 Å². The van der Waals surface area contributed by atoms with Crippen molar-refractivity contribution in [1.82, 2.24) is 4.90 Å². The fourth-order valence-corrected chi connectivity index (χ4v) is 2.53. The summed E-state index contributed by atoms with van der Waals surface area (Å²) in [5.41, 5.74) is 1.16. The predicted octanol–water partition coefficient (Wildman–Crippen LogP) is 3.30. The summed E-state index contributed by atoms with van der Waals surface area (Å²) in [6, 6.07) is 0.652. The molecule has 0 radical (unpaired) electrons. The molecule has 2 atom stereocenters. The minimum absolute atomic E-state index is 0.166. The van der Waals surface area contributed by atoms with Gasteiger partial charge in [0.15, 0.2) is 0 Å². The lowest BCUT2D eigenvalue weighted by atomic mass is 9.85. The quantitative estimate of drug-likeness (QED) is 0.558. The van der Waals surface area contributed by atoms with Gasteiger partial charge in [0, 0.05) is 18.0 Å². The molecule has 2 unspecified atom stereocenters. The van der Waals surface area contributed by atoms with Gasteiger partial charge < -0.3 is 9.74 Å². The van der Waals surface area contributed by atoms with E-state index in [1.165, 1.54) is 6.42 Å². The third-order valence-corrected chi connectivity index (χ3v) is 3.72. The standard InChI is InChI=1S/C14H28N2O/c1-7-16-10-14(5,6)13(9-8-12(16)4)17-15-11(2)3/h12-13H,7-10H2,1-6H3. The number of likely N-dealkylation sites (tertiary alicyclic amines) is 1. The molecule has 3 nitrogen and oxygen atoms in total. The highest BCUT2D eigenvalue weighted by atomic mass is 16.6. The maximum Gasteiger partial charge on any atom is 0.133 e. The minimum atomic E-state index is 0.166. The Kier molecular flexibility index (Phi) is 4.99. The van der Waals surface area contributed by atoms with Gasteiger partial charge in [-0.05, 0) is 40.2 Å². The van der Waals surface area contributed by atoms with E-state index in [-0.39, 0.29) is 11.5 Å². The fourth-order valence-electron chi connectivity index (χ4n) is 2.53. The highest BCUT2D eigenvalue weighted by molar-refractivity contribution is 5.78. The van der Waals surface area contributed by atoms with Crippen molar-refractivity contribution in [1.29, 1.82) is 0 Å². The van der Waals surface area contributed by atoms with Crippen LogP contribution >= 0.6 is 0 Å². The van der Waals surface area contributed by atoms with Crippen molar-refractivity contribution in [2.75, 3.05) is 13.1 Å². The number of nitrogens with zero attached hydrogens (tertiary/aromatic N) is 2. The normalized spacial score (nSPS) is 29.5. The summed E-state index contributed by atoms with van der Waals surface area (Å²) in [6.45, 7) is 15.3. The van der Waals surface area contributed by atoms with Gasteiger partial charge in [-0.3, -0.25) is 0 Å². The molecule has 0 aliphatic carbocycles. The maximum absolute atomic E-state index is 5.74. The molecule has 0 aromatic heterocycles. The third-order valence-electron chi connectivity index (χ3n) is 3.72. The van der Waals surface area contributed by atoms with Gasteiger partial charge in [-0.1, -0.05) is 25.9 Å². The van der Waals surface area contributed by atoms with Crippen molar-refractivity contribution < 1.29 is 4.84 Å². The van der Waals surface area contributed by atoms with E-state index in [0.717, 1.165) is 25.2 Å². The van der Waals surface area contributed by atoms with Gasteiger partial charge >= 0.3 is 0 Å². The van der Waals surface area contributed by atoms with E-state index < -0.39 is 0 Å². The smallest absolute Gasteiger partial charge is 0.133 e. The average Bonchev–Trinajstić information content (AvgIpc) is 2.34. The van der Waals surface area contributed by atoms with Crippen LogP contribution in [0.15, 0.2) is 5.16 Å². The molecule has 0 N–H and O–H groups in total. The van der Waals surface area contributed by atoms with E-state index in [0.29, 0.717) is 6.04 Å². The van der Waals surface area contributed by atoms with Crippen LogP contribution in [0.25, 0.3) is 0 Å². The maximum atomic E-state index is 5.74. The van der Waals surface area contributed by atoms with Crippen LogP contribution in [0.5, 0.6) is 0 Å². The number of oxime groups is 1. The molecule has 1 aliphatic heterocycles. The second-order valence-electron chi connectivity index (χ2n) is 6.11. The summed E-state index contributed by atoms with van der Waals surface area (Å²) in [5, 5.41) is 4.16. The van der Waals surface area contributed by atoms with Gasteiger partial charge in [0.25, 0.3) is 0 Å². The molecule has 0 saturated carbocycles. The van der Waals surface area contributed by atoms with Gasteiger partial charge in [0.2, 0.25) is 0 Å². The molecular formula is C14H28N2O. The molecule has 1 saturated heterocycles. The van der Waals surface area contributed by atoms with Crippen LogP contribution in [0.2, 0.25) is 0 Å². The molecule has 17 heavy (non-hydrogen) atoms. The van der Waals surface area contributed by atoms with Crippen LogP contribution in [-0.2, 0) is 4.84 Å². The zero-order chi connectivity index (χ0) is 13.1. The lowest BCUT2D eigenvalue weighted by Crippen LogP contribution is -2.41. The van der Waals surface area contributed by atoms with Crippen LogP contribution in [-0.4, -0.2) is 35.8 Å². The highest BCUT2D eigenvalue weighted by Crippen LogP contribution is 2.33. The Bertz CT molecular complexity index is 269. The predicted molar refractivity (Wildman–Crippen MR) is 73.4 cm³/mol. The molecule has 0 aromatic rings. The summed E-state index contributed by atoms with van der Waals surface area (Å²) in [5.74, 6) is 0. The molecule has 3 heteroatoms. The van der Waals surface area contributed by atoms with Gasteiger partial charge in [-0.25, -0.2) is 0 Å². The van der Waals surface area contributed by atoms with Crippen molar-refractivity contribution in [3.8, 4) is 0 Å². The van der Waals surface area contributed by atoms with Crippen molar-refractivity contribution in [3.63, 3.8) is 0 Å². The van der Waals surface area contributed by atoms with Crippen LogP contribution < -0.4 is 0 Å². The molecular weight excluding hydrogens is 212 g/mol. The van der Waals surface area contributed by atoms with Gasteiger partial charge in [-0.2, -0.15) is 0 Å². The summed E-state index contributed by atoms with van der Waals surface area (Å²) in [7, 11) is 0. The topological polar surface area (TPSA) is 24.8 Å². The third kappa shape index (κ3) is 3.98. The lowest BCUT2D eigenvalue weighted by molar-refractivity contribution is -0.0303. The highest BCUT2D eigenvalue weighted by Gasteiger charge is 2.37. The van der Waals surface area contributed by atoms with Crippen LogP contribution in [0.4, 0.5) is 0 Å². The first-order chi connectivity index (χ1) is 7.86. The van der Waals surface area contributed by atoms with Crippen molar-refractivity contribution in [3.05, 3.63) is 0 Å². The molecule has 1 heterocycles. The second kappa shape index (κ2) is 5.85. The van der Waals surface area contributed by atoms with Crippen molar-refractivity contribution in [2.45, 2.75) is 66.5 Å². The Morgan fingerprint density at radius 1 is 1.35 bits per heavy atom. The molecule has 1 rings (SSSR count). The van der Waals surface area contributed by atoms with E-state index in [4.69, 9.17) is 4.84 Å². The van der Waals surface area contributed by atoms with E-state index >= 15 is 0 Å². The fraction of sp³-hybridized carbons (Fsp3) is 0.929. The second-order valence-corrected chi connectivity index (χ2v) is 6.11. The van der Waals surface area contributed by atoms with Gasteiger partial charge in [0.1, 0.15) is 6.10 Å². The van der Waals surface area contributed by atoms with Gasteiger partial charge in [0.05, 0.1) is 5.71 Å². The average molecular weight is 240 g/mol. The van der Waals surface area contributed by atoms with Crippen LogP contribution in [0, 0.1) is 5.41 Å². The molecule has 0 spiro atoms. The van der Waals surface area contributed by atoms with Crippen molar-refractivity contribution >= 4 is 5.71 Å². The first-order valence-electron chi connectivity index (χ1n) is 6.78. The summed E-state index contributed by atoms with van der Waals surface area (Å²) >= 11 is 0. The summed E-state index contributed by atoms with van der Waals surface area (Å²) in [4.78, 5) is 8.29. The zero-order valence-electron chi connectivity index (χ0n) is 12.3. The van der Waals surface area contributed by atoms with E-state index in [1.54, 1.807) is 0 Å². The zero-order valence-corrected chi connectivity index (χ0v) is 12.3. The molecule has 0 bridgehead atoms. The summed E-state index contributed by atoms with van der Waals surface area (Å²) < 4.78 is 0. The first-order valence-corrected chi connectivity index (χ1v) is 6.78. The number of hydrogen-bond acceptors (Lipinski definition) is 3. The minimum Gasteiger partial charge on any atom is -0.392 e. The monoisotopic (exact) mass is 240 g/mol. The summed E-state index contributed by atoms with van der Waals surface area (Å²) in [6.07, 6.45) is 2.53. The Morgan fingerprint density at radius 3 is 2.53 bits per heavy atom. The first kappa shape index (κ1) is 14.5. The van der Waals surface area contributed by atoms with Crippen LogP contribution in [0.1, 0.15) is 54.4 Å². The molecule has 1 fully saturated rings. The largest absolute Gasteiger partial charge is 0.392 e. The molecule has 0 aromatic carbocycles. The Balaban J connectivity index is 2.75. The SMILES string of the molecule is CCN1CC(C)(C)C(ON=C(C)C)CCC1C. The number of rotatable bonds is 3. The lowest BCUT2D eigenvalue weighted by Gasteiger charge is -2.34. The van der Waals surface area contributed by atoms with E-state index in [9.17, 15) is 0 Å². The van der Waals surface area contributed by atoms with Crippen LogP contribution in [0.3, 0.4) is 0 Å². The van der Waals surface area contributed by atoms with Crippen molar-refractivity contribution in [2.24, 2.45) is 10.6 Å². The molecule has 100 valence electrons. The Morgan fingerprint density at radius 2 is 2.00 bits per heavy atom. The molecule has 0 amide bonds. The Hall–Kier alpha value is -0.570. The van der Waals surface area contributed by atoms with E-state index in [1.807, 2.05) is 13.8 Å². The van der Waals surface area contributed by atoms with E-state index in [2.05, 4.69) is 37.8 Å². The molecule has 1 aliphatic rings. The number of hydrogen-bond donors (Lipinski definition) is 0.